The van der Waals surface area contributed by atoms with Crippen LogP contribution in [0.5, 0.6) is 0 Å². The first kappa shape index (κ1) is 14.1. The van der Waals surface area contributed by atoms with Gasteiger partial charge in [-0.05, 0) is 36.6 Å². The van der Waals surface area contributed by atoms with Gasteiger partial charge in [0.05, 0.1) is 12.7 Å². The first-order valence-corrected chi connectivity index (χ1v) is 5.22. The molecule has 0 aliphatic heterocycles. The lowest BCUT2D eigenvalue weighted by Crippen LogP contribution is -2.32. The van der Waals surface area contributed by atoms with E-state index in [9.17, 15) is 14.0 Å². The number of carbonyl (C=O) groups excluding carboxylic acids is 1. The molecule has 18 heavy (non-hydrogen) atoms. The highest BCUT2D eigenvalue weighted by Crippen LogP contribution is 2.17. The van der Waals surface area contributed by atoms with Crippen molar-refractivity contribution < 1.29 is 23.8 Å². The van der Waals surface area contributed by atoms with Crippen LogP contribution >= 0.6 is 0 Å². The smallest absolute Gasteiger partial charge is 0.338 e. The molecule has 5 nitrogen and oxygen atoms in total. The van der Waals surface area contributed by atoms with Crippen LogP contribution in [0.25, 0.3) is 0 Å². The summed E-state index contributed by atoms with van der Waals surface area (Å²) in [7, 11) is 1.19. The summed E-state index contributed by atoms with van der Waals surface area (Å²) in [5.74, 6) is -2.45. The van der Waals surface area contributed by atoms with E-state index in [0.29, 0.717) is 5.56 Å². The lowest BCUT2D eigenvalue weighted by atomic mass is 10.00. The number of hydrogen-bond acceptors (Lipinski definition) is 4. The molecule has 1 atom stereocenters. The van der Waals surface area contributed by atoms with Gasteiger partial charge < -0.3 is 15.6 Å². The molecule has 0 bridgehead atoms. The molecule has 6 heteroatoms. The number of aliphatic carboxylic acids is 1. The second kappa shape index (κ2) is 5.59. The fourth-order valence-corrected chi connectivity index (χ4v) is 1.52. The molecule has 1 aromatic rings. The Kier molecular flexibility index (Phi) is 4.38. The van der Waals surface area contributed by atoms with Gasteiger partial charge in [-0.25, -0.2) is 9.18 Å². The Morgan fingerprint density at radius 2 is 2.11 bits per heavy atom. The monoisotopic (exact) mass is 255 g/mol. The van der Waals surface area contributed by atoms with Gasteiger partial charge in [0.25, 0.3) is 0 Å². The van der Waals surface area contributed by atoms with Crippen molar-refractivity contribution in [3.8, 4) is 0 Å². The Hall–Kier alpha value is -1.95. The average molecular weight is 255 g/mol. The molecular formula is C12H14FNO4. The van der Waals surface area contributed by atoms with Crippen molar-refractivity contribution in [2.24, 2.45) is 5.73 Å². The molecule has 0 spiro atoms. The third kappa shape index (κ3) is 3.04. The maximum atomic E-state index is 13.6. The number of methoxy groups -OCH3 is 1. The van der Waals surface area contributed by atoms with E-state index in [1.165, 1.54) is 26.2 Å². The minimum absolute atomic E-state index is 0.0590. The quantitative estimate of drug-likeness (QED) is 0.779. The first-order valence-electron chi connectivity index (χ1n) is 5.22. The van der Waals surface area contributed by atoms with Crippen molar-refractivity contribution in [1.82, 2.24) is 0 Å². The Morgan fingerprint density at radius 1 is 1.50 bits per heavy atom. The SMILES string of the molecule is COC(=O)c1cc(CC(N)C(=O)O)cc(F)c1C. The minimum Gasteiger partial charge on any atom is -0.480 e. The summed E-state index contributed by atoms with van der Waals surface area (Å²) in [6, 6.07) is 1.43. The fraction of sp³-hybridized carbons (Fsp3) is 0.333. The number of carbonyl (C=O) groups is 2. The van der Waals surface area contributed by atoms with Crippen LogP contribution in [0.4, 0.5) is 4.39 Å². The van der Waals surface area contributed by atoms with Gasteiger partial charge in [0, 0.05) is 0 Å². The molecule has 0 aliphatic carbocycles. The Bertz CT molecular complexity index is 487. The number of carboxylic acid groups (broad SMARTS) is 1. The minimum atomic E-state index is -1.18. The van der Waals surface area contributed by atoms with E-state index < -0.39 is 23.8 Å². The van der Waals surface area contributed by atoms with E-state index in [1.807, 2.05) is 0 Å². The number of hydrogen-bond donors (Lipinski definition) is 2. The molecule has 0 amide bonds. The van der Waals surface area contributed by atoms with Crippen LogP contribution in [0.2, 0.25) is 0 Å². The van der Waals surface area contributed by atoms with Crippen LogP contribution in [0.1, 0.15) is 21.5 Å². The number of ether oxygens (including phenoxy) is 1. The molecule has 0 saturated carbocycles. The van der Waals surface area contributed by atoms with Crippen molar-refractivity contribution in [1.29, 1.82) is 0 Å². The number of halogens is 1. The van der Waals surface area contributed by atoms with Crippen molar-refractivity contribution in [2.45, 2.75) is 19.4 Å². The molecule has 0 heterocycles. The van der Waals surface area contributed by atoms with Gasteiger partial charge in [-0.2, -0.15) is 0 Å². The summed E-state index contributed by atoms with van der Waals surface area (Å²) in [6.07, 6.45) is -0.0590. The lowest BCUT2D eigenvalue weighted by Gasteiger charge is -2.10. The topological polar surface area (TPSA) is 89.6 Å². The number of carboxylic acids is 1. The summed E-state index contributed by atoms with van der Waals surface area (Å²) in [4.78, 5) is 22.0. The molecule has 98 valence electrons. The fourth-order valence-electron chi connectivity index (χ4n) is 1.52. The summed E-state index contributed by atoms with van der Waals surface area (Å²) < 4.78 is 18.1. The van der Waals surface area contributed by atoms with Gasteiger partial charge in [-0.1, -0.05) is 0 Å². The zero-order chi connectivity index (χ0) is 13.9. The van der Waals surface area contributed by atoms with Crippen LogP contribution in [0.3, 0.4) is 0 Å². The molecule has 1 aromatic carbocycles. The lowest BCUT2D eigenvalue weighted by molar-refractivity contribution is -0.138. The van der Waals surface area contributed by atoms with E-state index >= 15 is 0 Å². The van der Waals surface area contributed by atoms with E-state index in [0.717, 1.165) is 0 Å². The number of benzene rings is 1. The molecule has 0 saturated heterocycles. The average Bonchev–Trinajstić information content (AvgIpc) is 2.32. The molecule has 1 unspecified atom stereocenters. The van der Waals surface area contributed by atoms with E-state index in [2.05, 4.69) is 4.74 Å². The molecule has 1 rings (SSSR count). The van der Waals surface area contributed by atoms with Gasteiger partial charge in [0.1, 0.15) is 11.9 Å². The predicted molar refractivity (Wildman–Crippen MR) is 61.8 cm³/mol. The van der Waals surface area contributed by atoms with Crippen LogP contribution in [-0.4, -0.2) is 30.2 Å². The summed E-state index contributed by atoms with van der Waals surface area (Å²) in [5, 5.41) is 8.68. The van der Waals surface area contributed by atoms with E-state index in [-0.39, 0.29) is 17.5 Å². The molecular weight excluding hydrogens is 241 g/mol. The Labute approximate surface area is 103 Å². The second-order valence-corrected chi connectivity index (χ2v) is 3.89. The van der Waals surface area contributed by atoms with Crippen LogP contribution in [0, 0.1) is 12.7 Å². The maximum Gasteiger partial charge on any atom is 0.338 e. The van der Waals surface area contributed by atoms with E-state index in [1.54, 1.807) is 0 Å². The van der Waals surface area contributed by atoms with Crippen molar-refractivity contribution in [3.63, 3.8) is 0 Å². The summed E-state index contributed by atoms with van der Waals surface area (Å²) in [5.41, 5.74) is 5.93. The predicted octanol–water partition coefficient (Wildman–Crippen LogP) is 0.875. The third-order valence-corrected chi connectivity index (χ3v) is 2.58. The summed E-state index contributed by atoms with van der Waals surface area (Å²) in [6.45, 7) is 1.45. The highest BCUT2D eigenvalue weighted by Gasteiger charge is 2.18. The van der Waals surface area contributed by atoms with Gasteiger partial charge in [-0.15, -0.1) is 0 Å². The summed E-state index contributed by atoms with van der Waals surface area (Å²) >= 11 is 0. The van der Waals surface area contributed by atoms with Crippen LogP contribution in [-0.2, 0) is 16.0 Å². The van der Waals surface area contributed by atoms with E-state index in [4.69, 9.17) is 10.8 Å². The number of rotatable bonds is 4. The number of nitrogens with two attached hydrogens (primary N) is 1. The standard InChI is InChI=1S/C12H14FNO4/c1-6-8(12(17)18-2)3-7(4-9(6)13)5-10(14)11(15)16/h3-4,10H,5,14H2,1-2H3,(H,15,16). The largest absolute Gasteiger partial charge is 0.480 e. The molecule has 0 fully saturated rings. The highest BCUT2D eigenvalue weighted by atomic mass is 19.1. The second-order valence-electron chi connectivity index (χ2n) is 3.89. The molecule has 0 aromatic heterocycles. The van der Waals surface area contributed by atoms with Gasteiger partial charge in [0.2, 0.25) is 0 Å². The van der Waals surface area contributed by atoms with Gasteiger partial charge >= 0.3 is 11.9 Å². The molecule has 0 aliphatic rings. The maximum absolute atomic E-state index is 13.6. The number of esters is 1. The zero-order valence-corrected chi connectivity index (χ0v) is 10.1. The molecule has 3 N–H and O–H groups in total. The highest BCUT2D eigenvalue weighted by molar-refractivity contribution is 5.91. The van der Waals surface area contributed by atoms with Crippen LogP contribution < -0.4 is 5.73 Å². The normalized spacial score (nSPS) is 12.0. The zero-order valence-electron chi connectivity index (χ0n) is 10.1. The van der Waals surface area contributed by atoms with Gasteiger partial charge in [0.15, 0.2) is 0 Å². The van der Waals surface area contributed by atoms with Crippen LogP contribution in [0.15, 0.2) is 12.1 Å². The van der Waals surface area contributed by atoms with Crippen molar-refractivity contribution in [3.05, 3.63) is 34.6 Å². The first-order chi connectivity index (χ1) is 8.36. The Balaban J connectivity index is 3.12. The Morgan fingerprint density at radius 3 is 2.61 bits per heavy atom. The van der Waals surface area contributed by atoms with Crippen molar-refractivity contribution >= 4 is 11.9 Å². The third-order valence-electron chi connectivity index (χ3n) is 2.58. The van der Waals surface area contributed by atoms with Gasteiger partial charge in [-0.3, -0.25) is 4.79 Å². The van der Waals surface area contributed by atoms with Crippen molar-refractivity contribution in [2.75, 3.05) is 7.11 Å². The molecule has 0 radical (unpaired) electrons.